The molecule has 0 aliphatic heterocycles. The fourth-order valence-corrected chi connectivity index (χ4v) is 4.70. The van der Waals surface area contributed by atoms with Crippen molar-refractivity contribution in [3.63, 3.8) is 0 Å². The monoisotopic (exact) mass is 354 g/mol. The van der Waals surface area contributed by atoms with Gasteiger partial charge in [-0.15, -0.1) is 0 Å². The fraction of sp³-hybridized carbons (Fsp3) is 0.438. The Kier molecular flexibility index (Phi) is 4.02. The number of ketones is 1. The zero-order valence-electron chi connectivity index (χ0n) is 13.0. The van der Waals surface area contributed by atoms with Crippen LogP contribution in [0.25, 0.3) is 9.65 Å². The van der Waals surface area contributed by atoms with E-state index in [1.807, 2.05) is 6.07 Å². The molecule has 0 fully saturated rings. The van der Waals surface area contributed by atoms with Gasteiger partial charge in [0.25, 0.3) is 0 Å². The molecule has 1 heterocycles. The molecule has 1 aromatic heterocycles. The Morgan fingerprint density at radius 2 is 1.85 bits per heavy atom. The molecule has 0 amide bonds. The summed E-state index contributed by atoms with van der Waals surface area (Å²) in [6, 6.07) is 8.28. The normalized spacial score (nSPS) is 12.7. The van der Waals surface area contributed by atoms with Gasteiger partial charge in [0.2, 0.25) is 0 Å². The summed E-state index contributed by atoms with van der Waals surface area (Å²) in [6.07, 6.45) is 0. The summed E-state index contributed by atoms with van der Waals surface area (Å²) in [5.41, 5.74) is 0. The molecule has 0 aliphatic carbocycles. The molecule has 2 rings (SSSR count). The Balaban J connectivity index is 2.35. The molecule has 1 aromatic carbocycles. The van der Waals surface area contributed by atoms with Gasteiger partial charge in [-0.1, -0.05) is 0 Å². The zero-order valence-corrected chi connectivity index (χ0v) is 15.7. The Morgan fingerprint density at radius 1 is 1.20 bits per heavy atom. The summed E-state index contributed by atoms with van der Waals surface area (Å²) in [6.45, 7) is 12.9. The van der Waals surface area contributed by atoms with Crippen molar-refractivity contribution in [1.29, 1.82) is 0 Å². The predicted molar refractivity (Wildman–Crippen MR) is 88.7 cm³/mol. The van der Waals surface area contributed by atoms with Crippen LogP contribution in [0.2, 0.25) is 18.1 Å². The summed E-state index contributed by atoms with van der Waals surface area (Å²) in [5.74, 6) is 1.13. The number of Topliss-reactive ketones (excluding diaryl/α,β-unsaturated/α-hetero) is 1. The van der Waals surface area contributed by atoms with Crippen molar-refractivity contribution in [1.82, 2.24) is 0 Å². The molecule has 2 nitrogen and oxygen atoms in total. The number of hydrogen-bond donors (Lipinski definition) is 0. The van der Waals surface area contributed by atoms with E-state index in [-0.39, 0.29) is 25.3 Å². The molecular weight excluding hydrogens is 331 g/mol. The van der Waals surface area contributed by atoms with Crippen LogP contribution in [0, 0.1) is 0 Å². The van der Waals surface area contributed by atoms with Crippen LogP contribution in [0.4, 0.5) is 0 Å². The number of fused-ring (bicyclic) bond motifs is 1. The van der Waals surface area contributed by atoms with Gasteiger partial charge in [-0.25, -0.2) is 0 Å². The number of carbonyl (C=O) groups is 1. The molecule has 0 atom stereocenters. The summed E-state index contributed by atoms with van der Waals surface area (Å²) in [5, 5.41) is 1.35. The third-order valence-corrected chi connectivity index (χ3v) is 10.9. The Bertz CT molecular complexity index is 650. The van der Waals surface area contributed by atoms with Crippen LogP contribution in [0.5, 0.6) is 5.75 Å². The number of carbonyl (C=O) groups excluding carboxylic acids is 1. The molecule has 0 radical (unpaired) electrons. The van der Waals surface area contributed by atoms with E-state index in [2.05, 4.69) is 52.1 Å². The van der Waals surface area contributed by atoms with E-state index in [0.29, 0.717) is 0 Å². The Morgan fingerprint density at radius 3 is 2.40 bits per heavy atom. The number of hydrogen-bond acceptors (Lipinski definition) is 2. The van der Waals surface area contributed by atoms with Crippen LogP contribution in [0.3, 0.4) is 0 Å². The van der Waals surface area contributed by atoms with Crippen molar-refractivity contribution in [3.8, 4) is 5.75 Å². The SMILES string of the molecule is CC(=O)c1cc2cc(O[Si](C)(C)C(C)(C)C)ccc2[se]1. The molecule has 0 saturated heterocycles. The standard InChI is InChI=1S/C16H22O2SeSi/c1-11(17)15-10-12-9-13(7-8-14(12)19-15)18-20(5,6)16(2,3)4/h7-10H,1-6H3. The second-order valence-electron chi connectivity index (χ2n) is 6.73. The molecular formula is C16H22O2SeSi. The van der Waals surface area contributed by atoms with Gasteiger partial charge in [0.1, 0.15) is 0 Å². The molecule has 20 heavy (non-hydrogen) atoms. The van der Waals surface area contributed by atoms with Crippen LogP contribution >= 0.6 is 0 Å². The van der Waals surface area contributed by atoms with Crippen LogP contribution in [-0.2, 0) is 0 Å². The van der Waals surface area contributed by atoms with Crippen molar-refractivity contribution in [3.05, 3.63) is 28.7 Å². The minimum atomic E-state index is -1.80. The quantitative estimate of drug-likeness (QED) is 0.601. The Labute approximate surface area is 128 Å². The summed E-state index contributed by atoms with van der Waals surface area (Å²) in [7, 11) is -1.80. The molecule has 4 heteroatoms. The average molecular weight is 353 g/mol. The average Bonchev–Trinajstić information content (AvgIpc) is 2.69. The molecule has 0 aliphatic rings. The van der Waals surface area contributed by atoms with E-state index in [1.165, 1.54) is 4.26 Å². The second kappa shape index (κ2) is 5.17. The van der Waals surface area contributed by atoms with Gasteiger partial charge in [-0.05, 0) is 0 Å². The fourth-order valence-electron chi connectivity index (χ4n) is 1.71. The van der Waals surface area contributed by atoms with E-state index < -0.39 is 8.32 Å². The molecule has 0 spiro atoms. The third kappa shape index (κ3) is 3.08. The van der Waals surface area contributed by atoms with Crippen molar-refractivity contribution in [2.24, 2.45) is 0 Å². The molecule has 0 unspecified atom stereocenters. The number of rotatable bonds is 3. The third-order valence-electron chi connectivity index (χ3n) is 4.01. The van der Waals surface area contributed by atoms with Crippen molar-refractivity contribution < 1.29 is 9.22 Å². The first-order valence-electron chi connectivity index (χ1n) is 6.84. The maximum absolute atomic E-state index is 11.5. The molecule has 0 N–H and O–H groups in total. The van der Waals surface area contributed by atoms with Crippen LogP contribution < -0.4 is 4.43 Å². The minimum absolute atomic E-state index is 0.163. The predicted octanol–water partition coefficient (Wildman–Crippen LogP) is 4.48. The molecule has 0 bridgehead atoms. The topological polar surface area (TPSA) is 26.3 Å². The Hall–Kier alpha value is -0.834. The van der Waals surface area contributed by atoms with Crippen LogP contribution in [-0.4, -0.2) is 28.6 Å². The van der Waals surface area contributed by atoms with E-state index in [4.69, 9.17) is 4.43 Å². The van der Waals surface area contributed by atoms with Gasteiger partial charge in [0.15, 0.2) is 0 Å². The van der Waals surface area contributed by atoms with E-state index in [1.54, 1.807) is 6.92 Å². The second-order valence-corrected chi connectivity index (χ2v) is 13.7. The zero-order chi connectivity index (χ0) is 15.1. The van der Waals surface area contributed by atoms with Gasteiger partial charge in [-0.3, -0.25) is 0 Å². The van der Waals surface area contributed by atoms with Gasteiger partial charge in [0.05, 0.1) is 0 Å². The first kappa shape index (κ1) is 15.6. The van der Waals surface area contributed by atoms with Gasteiger partial charge < -0.3 is 0 Å². The maximum atomic E-state index is 11.5. The van der Waals surface area contributed by atoms with Crippen molar-refractivity contribution >= 4 is 38.3 Å². The van der Waals surface area contributed by atoms with Gasteiger partial charge in [0, 0.05) is 0 Å². The van der Waals surface area contributed by atoms with Crippen molar-refractivity contribution in [2.75, 3.05) is 0 Å². The molecule has 0 saturated carbocycles. The first-order valence-corrected chi connectivity index (χ1v) is 11.5. The first-order chi connectivity index (χ1) is 9.10. The van der Waals surface area contributed by atoms with Gasteiger partial charge >= 0.3 is 128 Å². The summed E-state index contributed by atoms with van der Waals surface area (Å²) >= 11 is 0.163. The van der Waals surface area contributed by atoms with Crippen LogP contribution in [0.15, 0.2) is 24.3 Å². The number of benzene rings is 1. The van der Waals surface area contributed by atoms with E-state index in [0.717, 1.165) is 15.6 Å². The van der Waals surface area contributed by atoms with Gasteiger partial charge in [-0.2, -0.15) is 0 Å². The van der Waals surface area contributed by atoms with Crippen molar-refractivity contribution in [2.45, 2.75) is 45.8 Å². The summed E-state index contributed by atoms with van der Waals surface area (Å²) < 4.78 is 8.56. The summed E-state index contributed by atoms with van der Waals surface area (Å²) in [4.78, 5) is 11.5. The van der Waals surface area contributed by atoms with E-state index in [9.17, 15) is 4.79 Å². The molecule has 108 valence electrons. The molecule has 2 aromatic rings. The van der Waals surface area contributed by atoms with Crippen LogP contribution in [0.1, 0.15) is 36.9 Å². The van der Waals surface area contributed by atoms with E-state index >= 15 is 0 Å².